The average molecular weight is 226 g/mol. The van der Waals surface area contributed by atoms with Gasteiger partial charge in [0.2, 0.25) is 0 Å². The highest BCUT2D eigenvalue weighted by molar-refractivity contribution is 4.94. The molecule has 2 atom stereocenters. The first-order chi connectivity index (χ1) is 7.58. The minimum Gasteiger partial charge on any atom is -0.387 e. The molecule has 2 fully saturated rings. The van der Waals surface area contributed by atoms with E-state index in [9.17, 15) is 5.11 Å². The number of hydrogen-bond acceptors (Lipinski definition) is 3. The van der Waals surface area contributed by atoms with Crippen LogP contribution in [0.5, 0.6) is 0 Å². The SMILES string of the molecule is C=CC[C@@](C)(O)[C@H]1COC2(CCCCC2)O1. The van der Waals surface area contributed by atoms with Crippen LogP contribution in [0.2, 0.25) is 0 Å². The molecular formula is C13H22O3. The van der Waals surface area contributed by atoms with Gasteiger partial charge >= 0.3 is 0 Å². The highest BCUT2D eigenvalue weighted by atomic mass is 16.7. The van der Waals surface area contributed by atoms with Crippen molar-refractivity contribution in [3.05, 3.63) is 12.7 Å². The van der Waals surface area contributed by atoms with E-state index in [2.05, 4.69) is 6.58 Å². The smallest absolute Gasteiger partial charge is 0.169 e. The number of hydrogen-bond donors (Lipinski definition) is 1. The van der Waals surface area contributed by atoms with Crippen molar-refractivity contribution in [2.24, 2.45) is 0 Å². The van der Waals surface area contributed by atoms with Crippen LogP contribution in [-0.4, -0.2) is 29.2 Å². The summed E-state index contributed by atoms with van der Waals surface area (Å²) in [6, 6.07) is 0. The third-order valence-corrected chi connectivity index (χ3v) is 3.72. The van der Waals surface area contributed by atoms with Crippen molar-refractivity contribution in [1.82, 2.24) is 0 Å². The van der Waals surface area contributed by atoms with Crippen molar-refractivity contribution in [3.63, 3.8) is 0 Å². The lowest BCUT2D eigenvalue weighted by Crippen LogP contribution is -2.42. The normalized spacial score (nSPS) is 32.5. The Balaban J connectivity index is 1.98. The Morgan fingerprint density at radius 3 is 2.75 bits per heavy atom. The first-order valence-electron chi connectivity index (χ1n) is 6.23. The molecule has 92 valence electrons. The summed E-state index contributed by atoms with van der Waals surface area (Å²) in [6.45, 7) is 5.96. The van der Waals surface area contributed by atoms with E-state index >= 15 is 0 Å². The summed E-state index contributed by atoms with van der Waals surface area (Å²) in [5.74, 6) is -0.395. The molecule has 1 aliphatic carbocycles. The van der Waals surface area contributed by atoms with Gasteiger partial charge < -0.3 is 14.6 Å². The third-order valence-electron chi connectivity index (χ3n) is 3.72. The maximum atomic E-state index is 10.3. The zero-order valence-corrected chi connectivity index (χ0v) is 10.1. The van der Waals surface area contributed by atoms with Gasteiger partial charge in [0.05, 0.1) is 12.2 Å². The molecule has 1 spiro atoms. The quantitative estimate of drug-likeness (QED) is 0.751. The first kappa shape index (κ1) is 12.1. The van der Waals surface area contributed by atoms with Gasteiger partial charge in [-0.1, -0.05) is 12.5 Å². The molecule has 16 heavy (non-hydrogen) atoms. The van der Waals surface area contributed by atoms with Crippen LogP contribution in [0.25, 0.3) is 0 Å². The van der Waals surface area contributed by atoms with E-state index in [0.29, 0.717) is 13.0 Å². The molecule has 2 rings (SSSR count). The van der Waals surface area contributed by atoms with Gasteiger partial charge in [0.1, 0.15) is 6.10 Å². The second kappa shape index (κ2) is 4.47. The van der Waals surface area contributed by atoms with Crippen molar-refractivity contribution in [3.8, 4) is 0 Å². The molecule has 0 bridgehead atoms. The van der Waals surface area contributed by atoms with Gasteiger partial charge in [-0.3, -0.25) is 0 Å². The Labute approximate surface area is 97.4 Å². The third kappa shape index (κ3) is 2.31. The van der Waals surface area contributed by atoms with E-state index in [0.717, 1.165) is 25.7 Å². The zero-order chi connectivity index (χ0) is 11.6. The van der Waals surface area contributed by atoms with Crippen LogP contribution in [0.4, 0.5) is 0 Å². The van der Waals surface area contributed by atoms with Gasteiger partial charge in [-0.25, -0.2) is 0 Å². The molecule has 1 saturated heterocycles. The predicted octanol–water partition coefficient (Wildman–Crippen LogP) is 2.39. The summed E-state index contributed by atoms with van der Waals surface area (Å²) in [4.78, 5) is 0. The Hall–Kier alpha value is -0.380. The Morgan fingerprint density at radius 2 is 2.12 bits per heavy atom. The van der Waals surface area contributed by atoms with Crippen molar-refractivity contribution in [1.29, 1.82) is 0 Å². The predicted molar refractivity (Wildman–Crippen MR) is 62.1 cm³/mol. The van der Waals surface area contributed by atoms with Gasteiger partial charge in [-0.05, 0) is 26.2 Å². The molecule has 2 aliphatic rings. The van der Waals surface area contributed by atoms with Gasteiger partial charge in [0, 0.05) is 12.8 Å². The standard InChI is InChI=1S/C13H22O3/c1-3-7-12(2,14)11-10-15-13(16-11)8-5-4-6-9-13/h3,11,14H,1,4-10H2,2H3/t11-,12-/m1/s1. The first-order valence-corrected chi connectivity index (χ1v) is 6.23. The maximum absolute atomic E-state index is 10.3. The highest BCUT2D eigenvalue weighted by Gasteiger charge is 2.47. The minimum absolute atomic E-state index is 0.219. The molecule has 1 N–H and O–H groups in total. The fraction of sp³-hybridized carbons (Fsp3) is 0.846. The molecule has 1 heterocycles. The number of ether oxygens (including phenoxy) is 2. The Bertz CT molecular complexity index is 254. The topological polar surface area (TPSA) is 38.7 Å². The second-order valence-corrected chi connectivity index (χ2v) is 5.24. The molecule has 0 aromatic heterocycles. The highest BCUT2D eigenvalue weighted by Crippen LogP contribution is 2.40. The summed E-state index contributed by atoms with van der Waals surface area (Å²) in [7, 11) is 0. The van der Waals surface area contributed by atoms with Gasteiger partial charge in [-0.15, -0.1) is 6.58 Å². The van der Waals surface area contributed by atoms with Gasteiger partial charge in [0.25, 0.3) is 0 Å². The van der Waals surface area contributed by atoms with E-state index in [1.165, 1.54) is 6.42 Å². The van der Waals surface area contributed by atoms with Crippen LogP contribution in [0.3, 0.4) is 0 Å². The number of rotatable bonds is 3. The molecule has 3 nitrogen and oxygen atoms in total. The monoisotopic (exact) mass is 226 g/mol. The van der Waals surface area contributed by atoms with E-state index in [1.807, 2.05) is 0 Å². The number of aliphatic hydroxyl groups is 1. The van der Waals surface area contributed by atoms with Crippen LogP contribution >= 0.6 is 0 Å². The molecule has 0 aromatic rings. The summed E-state index contributed by atoms with van der Waals surface area (Å²) in [5, 5.41) is 10.3. The largest absolute Gasteiger partial charge is 0.387 e. The van der Waals surface area contributed by atoms with Crippen LogP contribution in [0, 0.1) is 0 Å². The summed E-state index contributed by atoms with van der Waals surface area (Å²) in [5.41, 5.74) is -0.858. The Morgan fingerprint density at radius 1 is 1.44 bits per heavy atom. The molecule has 1 aliphatic heterocycles. The fourth-order valence-corrected chi connectivity index (χ4v) is 2.64. The van der Waals surface area contributed by atoms with Gasteiger partial charge in [0.15, 0.2) is 5.79 Å². The van der Waals surface area contributed by atoms with E-state index in [4.69, 9.17) is 9.47 Å². The van der Waals surface area contributed by atoms with E-state index in [1.54, 1.807) is 13.0 Å². The fourth-order valence-electron chi connectivity index (χ4n) is 2.64. The molecule has 1 saturated carbocycles. The van der Waals surface area contributed by atoms with Crippen LogP contribution in [0.15, 0.2) is 12.7 Å². The lowest BCUT2D eigenvalue weighted by molar-refractivity contribution is -0.205. The summed E-state index contributed by atoms with van der Waals surface area (Å²) >= 11 is 0. The molecular weight excluding hydrogens is 204 g/mol. The molecule has 0 radical (unpaired) electrons. The lowest BCUT2D eigenvalue weighted by atomic mass is 9.93. The summed E-state index contributed by atoms with van der Waals surface area (Å²) < 4.78 is 11.8. The van der Waals surface area contributed by atoms with Crippen LogP contribution in [0.1, 0.15) is 45.4 Å². The van der Waals surface area contributed by atoms with Crippen molar-refractivity contribution >= 4 is 0 Å². The average Bonchev–Trinajstić information content (AvgIpc) is 2.64. The molecule has 3 heteroatoms. The van der Waals surface area contributed by atoms with Gasteiger partial charge in [-0.2, -0.15) is 0 Å². The minimum atomic E-state index is -0.858. The van der Waals surface area contributed by atoms with Crippen molar-refractivity contribution in [2.75, 3.05) is 6.61 Å². The van der Waals surface area contributed by atoms with Crippen molar-refractivity contribution < 1.29 is 14.6 Å². The second-order valence-electron chi connectivity index (χ2n) is 5.24. The Kier molecular flexibility index (Phi) is 3.38. The van der Waals surface area contributed by atoms with Crippen molar-refractivity contribution in [2.45, 2.75) is 62.9 Å². The molecule has 0 aromatic carbocycles. The van der Waals surface area contributed by atoms with E-state index in [-0.39, 0.29) is 6.10 Å². The van der Waals surface area contributed by atoms with E-state index < -0.39 is 11.4 Å². The maximum Gasteiger partial charge on any atom is 0.169 e. The van der Waals surface area contributed by atoms with Crippen LogP contribution < -0.4 is 0 Å². The zero-order valence-electron chi connectivity index (χ0n) is 10.1. The van der Waals surface area contributed by atoms with Crippen LogP contribution in [-0.2, 0) is 9.47 Å². The molecule has 0 amide bonds. The molecule has 0 unspecified atom stereocenters. The summed E-state index contributed by atoms with van der Waals surface area (Å²) in [6.07, 6.45) is 7.58. The lowest BCUT2D eigenvalue weighted by Gasteiger charge is -2.34.